The van der Waals surface area contributed by atoms with Crippen LogP contribution in [0, 0.1) is 0 Å². The first-order valence-corrected chi connectivity index (χ1v) is 17.9. The zero-order valence-electron chi connectivity index (χ0n) is 28.5. The monoisotopic (exact) mass is 662 g/mol. The van der Waals surface area contributed by atoms with E-state index < -0.39 is 0 Å². The number of benzene rings is 9. The molecule has 10 aromatic rings. The first-order chi connectivity index (χ1) is 25.8. The summed E-state index contributed by atoms with van der Waals surface area (Å²) in [4.78, 5) is 0. The zero-order valence-corrected chi connectivity index (χ0v) is 28.5. The lowest BCUT2D eigenvalue weighted by Crippen LogP contribution is -2.04. The molecule has 1 heteroatoms. The maximum absolute atomic E-state index is 6.41. The molecule has 0 fully saturated rings. The largest absolute Gasteiger partial charge is 0.456 e. The van der Waals surface area contributed by atoms with Crippen LogP contribution in [-0.4, -0.2) is 0 Å². The fourth-order valence-corrected chi connectivity index (χ4v) is 8.00. The Morgan fingerprint density at radius 2 is 0.808 bits per heavy atom. The van der Waals surface area contributed by atoms with Crippen molar-refractivity contribution in [1.82, 2.24) is 0 Å². The van der Waals surface area contributed by atoms with Crippen molar-refractivity contribution >= 4 is 43.5 Å². The molecule has 0 saturated heterocycles. The number of fused-ring (bicyclic) bond motifs is 6. The highest BCUT2D eigenvalue weighted by Gasteiger charge is 2.20. The van der Waals surface area contributed by atoms with Gasteiger partial charge < -0.3 is 4.42 Å². The SMILES string of the molecule is c1ccc(-c2ccc(-c3ccc(C(c4ccc(-c5ccc6c(c5)oc5ccc7ccccc7c56)cc4)c4cccc5ccccc45)cc3)cc2)cc1. The van der Waals surface area contributed by atoms with E-state index in [1.807, 2.05) is 0 Å². The van der Waals surface area contributed by atoms with E-state index in [-0.39, 0.29) is 5.92 Å². The molecule has 0 aliphatic carbocycles. The molecule has 0 spiro atoms. The molecule has 1 atom stereocenters. The van der Waals surface area contributed by atoms with Crippen LogP contribution in [0.2, 0.25) is 0 Å². The molecule has 0 N–H and O–H groups in total. The van der Waals surface area contributed by atoms with Crippen molar-refractivity contribution in [3.8, 4) is 33.4 Å². The van der Waals surface area contributed by atoms with Gasteiger partial charge in [-0.05, 0) is 89.8 Å². The first-order valence-electron chi connectivity index (χ1n) is 17.9. The quantitative estimate of drug-likeness (QED) is 0.162. The van der Waals surface area contributed by atoms with E-state index in [0.717, 1.165) is 22.1 Å². The standard InChI is InChI=1S/C51H34O/c1-2-9-34(10-3-1)35-17-19-36(20-18-35)37-21-25-41(26-22-37)50(46-16-8-13-39-11-4-6-14-44(39)46)42-27-23-38(24-28-42)43-29-31-47-49(33-43)52-48-32-30-40-12-5-7-15-45(40)51(47)48/h1-33,50H. The van der Waals surface area contributed by atoms with Gasteiger partial charge in [-0.1, -0.05) is 182 Å². The van der Waals surface area contributed by atoms with E-state index in [4.69, 9.17) is 4.42 Å². The third-order valence-electron chi connectivity index (χ3n) is 10.6. The van der Waals surface area contributed by atoms with Crippen molar-refractivity contribution in [2.24, 2.45) is 0 Å². The zero-order chi connectivity index (χ0) is 34.4. The van der Waals surface area contributed by atoms with Crippen LogP contribution in [0.15, 0.2) is 205 Å². The predicted octanol–water partition coefficient (Wildman–Crippen LogP) is 14.1. The summed E-state index contributed by atoms with van der Waals surface area (Å²) in [7, 11) is 0. The van der Waals surface area contributed by atoms with Crippen molar-refractivity contribution in [1.29, 1.82) is 0 Å². The lowest BCUT2D eigenvalue weighted by atomic mass is 9.82. The summed E-state index contributed by atoms with van der Waals surface area (Å²) < 4.78 is 6.41. The smallest absolute Gasteiger partial charge is 0.136 e. The fourth-order valence-electron chi connectivity index (χ4n) is 8.00. The molecule has 0 aliphatic heterocycles. The molecule has 0 radical (unpaired) electrons. The second kappa shape index (κ2) is 12.6. The summed E-state index contributed by atoms with van der Waals surface area (Å²) in [6.45, 7) is 0. The molecule has 0 saturated carbocycles. The van der Waals surface area contributed by atoms with Gasteiger partial charge in [-0.2, -0.15) is 0 Å². The summed E-state index contributed by atoms with van der Waals surface area (Å²) in [6, 6.07) is 72.5. The van der Waals surface area contributed by atoms with Crippen LogP contribution in [0.25, 0.3) is 76.9 Å². The Balaban J connectivity index is 1.02. The van der Waals surface area contributed by atoms with Gasteiger partial charge in [0.15, 0.2) is 0 Å². The molecule has 1 heterocycles. The molecular weight excluding hydrogens is 629 g/mol. The van der Waals surface area contributed by atoms with Gasteiger partial charge in [-0.3, -0.25) is 0 Å². The van der Waals surface area contributed by atoms with E-state index in [0.29, 0.717) is 0 Å². The van der Waals surface area contributed by atoms with Crippen molar-refractivity contribution in [3.63, 3.8) is 0 Å². The van der Waals surface area contributed by atoms with E-state index in [2.05, 4.69) is 200 Å². The van der Waals surface area contributed by atoms with E-state index >= 15 is 0 Å². The average Bonchev–Trinajstić information content (AvgIpc) is 3.61. The Morgan fingerprint density at radius 3 is 1.48 bits per heavy atom. The topological polar surface area (TPSA) is 13.1 Å². The summed E-state index contributed by atoms with van der Waals surface area (Å²) in [5, 5.41) is 7.32. The third-order valence-corrected chi connectivity index (χ3v) is 10.6. The summed E-state index contributed by atoms with van der Waals surface area (Å²) in [6.07, 6.45) is 0. The van der Waals surface area contributed by atoms with Crippen LogP contribution >= 0.6 is 0 Å². The van der Waals surface area contributed by atoms with E-state index in [9.17, 15) is 0 Å². The lowest BCUT2D eigenvalue weighted by Gasteiger charge is -2.22. The van der Waals surface area contributed by atoms with E-state index in [1.165, 1.54) is 71.4 Å². The molecule has 0 bridgehead atoms. The molecule has 1 aromatic heterocycles. The van der Waals surface area contributed by atoms with Gasteiger partial charge >= 0.3 is 0 Å². The van der Waals surface area contributed by atoms with Crippen LogP contribution < -0.4 is 0 Å². The summed E-state index contributed by atoms with van der Waals surface area (Å²) in [5.74, 6) is 0.0702. The Labute approximate surface area is 303 Å². The van der Waals surface area contributed by atoms with Crippen LogP contribution in [-0.2, 0) is 0 Å². The maximum Gasteiger partial charge on any atom is 0.136 e. The first kappa shape index (κ1) is 30.2. The van der Waals surface area contributed by atoms with Gasteiger partial charge in [0.2, 0.25) is 0 Å². The van der Waals surface area contributed by atoms with Crippen molar-refractivity contribution in [2.45, 2.75) is 5.92 Å². The minimum absolute atomic E-state index is 0.0702. The molecule has 1 nitrogen and oxygen atoms in total. The molecular formula is C51H34O. The summed E-state index contributed by atoms with van der Waals surface area (Å²) in [5.41, 5.74) is 12.9. The summed E-state index contributed by atoms with van der Waals surface area (Å²) >= 11 is 0. The third kappa shape index (κ3) is 5.27. The van der Waals surface area contributed by atoms with Gasteiger partial charge in [0, 0.05) is 16.7 Å². The minimum atomic E-state index is 0.0702. The van der Waals surface area contributed by atoms with Crippen LogP contribution in [0.5, 0.6) is 0 Å². The normalized spacial score (nSPS) is 12.2. The van der Waals surface area contributed by atoms with Crippen LogP contribution in [0.4, 0.5) is 0 Å². The lowest BCUT2D eigenvalue weighted by molar-refractivity contribution is 0.669. The second-order valence-electron chi connectivity index (χ2n) is 13.7. The van der Waals surface area contributed by atoms with Crippen molar-refractivity contribution in [3.05, 3.63) is 217 Å². The Bertz CT molecular complexity index is 2860. The molecule has 52 heavy (non-hydrogen) atoms. The highest BCUT2D eigenvalue weighted by molar-refractivity contribution is 6.19. The van der Waals surface area contributed by atoms with Crippen molar-refractivity contribution < 1.29 is 4.42 Å². The number of hydrogen-bond donors (Lipinski definition) is 0. The van der Waals surface area contributed by atoms with Gasteiger partial charge in [-0.25, -0.2) is 0 Å². The molecule has 9 aromatic carbocycles. The maximum atomic E-state index is 6.41. The highest BCUT2D eigenvalue weighted by atomic mass is 16.3. The van der Waals surface area contributed by atoms with Crippen LogP contribution in [0.3, 0.4) is 0 Å². The predicted molar refractivity (Wildman–Crippen MR) is 219 cm³/mol. The van der Waals surface area contributed by atoms with Gasteiger partial charge in [0.1, 0.15) is 11.2 Å². The van der Waals surface area contributed by atoms with Gasteiger partial charge in [0.05, 0.1) is 0 Å². The Hall–Kier alpha value is -6.70. The number of hydrogen-bond acceptors (Lipinski definition) is 1. The van der Waals surface area contributed by atoms with E-state index in [1.54, 1.807) is 0 Å². The average molecular weight is 663 g/mol. The van der Waals surface area contributed by atoms with Crippen LogP contribution in [0.1, 0.15) is 22.6 Å². The fraction of sp³-hybridized carbons (Fsp3) is 0.0196. The minimum Gasteiger partial charge on any atom is -0.456 e. The molecule has 10 rings (SSSR count). The number of furan rings is 1. The molecule has 0 amide bonds. The Kier molecular flexibility index (Phi) is 7.29. The van der Waals surface area contributed by atoms with Gasteiger partial charge in [0.25, 0.3) is 0 Å². The number of rotatable bonds is 6. The molecule has 1 unspecified atom stereocenters. The molecule has 0 aliphatic rings. The second-order valence-corrected chi connectivity index (χ2v) is 13.7. The molecule has 244 valence electrons. The van der Waals surface area contributed by atoms with Gasteiger partial charge in [-0.15, -0.1) is 0 Å². The highest BCUT2D eigenvalue weighted by Crippen LogP contribution is 2.40. The Morgan fingerprint density at radius 1 is 0.308 bits per heavy atom. The van der Waals surface area contributed by atoms with Crippen molar-refractivity contribution in [2.75, 3.05) is 0 Å².